The number of carbonyl (C=O) groups excluding carboxylic acids is 2. The first-order chi connectivity index (χ1) is 11.5. The van der Waals surface area contributed by atoms with Crippen LogP contribution in [0.3, 0.4) is 0 Å². The van der Waals surface area contributed by atoms with E-state index in [2.05, 4.69) is 0 Å². The molecule has 2 aromatic carbocycles. The second-order valence-electron chi connectivity index (χ2n) is 5.90. The van der Waals surface area contributed by atoms with E-state index in [1.165, 1.54) is 9.80 Å². The third-order valence-electron chi connectivity index (χ3n) is 4.36. The van der Waals surface area contributed by atoms with Gasteiger partial charge < -0.3 is 14.9 Å². The Kier molecular flexibility index (Phi) is 4.20. The molecule has 1 unspecified atom stereocenters. The SMILES string of the molecule is CN1CCN(C(=O)c2cccc3ccccc23)C(CC(=O)O)C1=O. The minimum atomic E-state index is -1.10. The molecule has 124 valence electrons. The fraction of sp³-hybridized carbons (Fsp3) is 0.278. The third-order valence-corrected chi connectivity index (χ3v) is 4.36. The Labute approximate surface area is 139 Å². The van der Waals surface area contributed by atoms with Crippen LogP contribution in [0, 0.1) is 0 Å². The van der Waals surface area contributed by atoms with Crippen LogP contribution in [0.5, 0.6) is 0 Å². The lowest BCUT2D eigenvalue weighted by molar-refractivity contribution is -0.146. The molecule has 1 N–H and O–H groups in total. The molecule has 1 fully saturated rings. The summed E-state index contributed by atoms with van der Waals surface area (Å²) in [6.07, 6.45) is -0.389. The van der Waals surface area contributed by atoms with Crippen molar-refractivity contribution in [3.63, 3.8) is 0 Å². The molecule has 24 heavy (non-hydrogen) atoms. The second kappa shape index (κ2) is 6.31. The number of piperazine rings is 1. The van der Waals surface area contributed by atoms with E-state index in [1.54, 1.807) is 19.2 Å². The quantitative estimate of drug-likeness (QED) is 0.929. The molecule has 0 aromatic heterocycles. The molecule has 6 nitrogen and oxygen atoms in total. The molecular formula is C18H18N2O4. The van der Waals surface area contributed by atoms with Crippen LogP contribution in [0.15, 0.2) is 42.5 Å². The van der Waals surface area contributed by atoms with Crippen LogP contribution in [-0.2, 0) is 9.59 Å². The first-order valence-corrected chi connectivity index (χ1v) is 7.74. The molecule has 2 amide bonds. The average Bonchev–Trinajstić information content (AvgIpc) is 2.58. The van der Waals surface area contributed by atoms with Gasteiger partial charge >= 0.3 is 5.97 Å². The van der Waals surface area contributed by atoms with Gasteiger partial charge in [0.1, 0.15) is 6.04 Å². The zero-order chi connectivity index (χ0) is 17.3. The third kappa shape index (κ3) is 2.82. The van der Waals surface area contributed by atoms with E-state index < -0.39 is 12.0 Å². The van der Waals surface area contributed by atoms with Crippen molar-refractivity contribution >= 4 is 28.6 Å². The molecule has 0 saturated carbocycles. The van der Waals surface area contributed by atoms with Gasteiger partial charge in [0, 0.05) is 25.7 Å². The summed E-state index contributed by atoms with van der Waals surface area (Å²) in [7, 11) is 1.62. The molecule has 1 aliphatic heterocycles. The van der Waals surface area contributed by atoms with E-state index in [4.69, 9.17) is 5.11 Å². The zero-order valence-corrected chi connectivity index (χ0v) is 13.3. The Morgan fingerprint density at radius 1 is 1.12 bits per heavy atom. The van der Waals surface area contributed by atoms with Crippen molar-refractivity contribution in [2.75, 3.05) is 20.1 Å². The molecule has 0 bridgehead atoms. The lowest BCUT2D eigenvalue weighted by Gasteiger charge is -2.38. The van der Waals surface area contributed by atoms with Crippen molar-refractivity contribution in [1.82, 2.24) is 9.80 Å². The Bertz CT molecular complexity index is 812. The fourth-order valence-electron chi connectivity index (χ4n) is 3.08. The summed E-state index contributed by atoms with van der Waals surface area (Å²) >= 11 is 0. The van der Waals surface area contributed by atoms with Crippen LogP contribution in [0.1, 0.15) is 16.8 Å². The summed E-state index contributed by atoms with van der Waals surface area (Å²) in [5.74, 6) is -1.74. The monoisotopic (exact) mass is 326 g/mol. The lowest BCUT2D eigenvalue weighted by Crippen LogP contribution is -2.58. The van der Waals surface area contributed by atoms with Gasteiger partial charge in [-0.2, -0.15) is 0 Å². The molecule has 2 aromatic rings. The maximum absolute atomic E-state index is 13.0. The number of carboxylic acids is 1. The number of fused-ring (bicyclic) bond motifs is 1. The van der Waals surface area contributed by atoms with Crippen LogP contribution in [0.4, 0.5) is 0 Å². The van der Waals surface area contributed by atoms with Gasteiger partial charge in [-0.15, -0.1) is 0 Å². The van der Waals surface area contributed by atoms with Crippen molar-refractivity contribution in [2.45, 2.75) is 12.5 Å². The highest BCUT2D eigenvalue weighted by Crippen LogP contribution is 2.23. The van der Waals surface area contributed by atoms with E-state index >= 15 is 0 Å². The van der Waals surface area contributed by atoms with Crippen LogP contribution in [0.25, 0.3) is 10.8 Å². The topological polar surface area (TPSA) is 77.9 Å². The van der Waals surface area contributed by atoms with Crippen molar-refractivity contribution in [3.8, 4) is 0 Å². The number of rotatable bonds is 3. The highest BCUT2D eigenvalue weighted by molar-refractivity contribution is 6.08. The first kappa shape index (κ1) is 16.0. The summed E-state index contributed by atoms with van der Waals surface area (Å²) in [5, 5.41) is 10.8. The second-order valence-corrected chi connectivity index (χ2v) is 5.90. The highest BCUT2D eigenvalue weighted by Gasteiger charge is 2.38. The van der Waals surface area contributed by atoms with Gasteiger partial charge in [0.15, 0.2) is 0 Å². The van der Waals surface area contributed by atoms with Gasteiger partial charge in [0.05, 0.1) is 6.42 Å². The van der Waals surface area contributed by atoms with Gasteiger partial charge in [-0.25, -0.2) is 0 Å². The highest BCUT2D eigenvalue weighted by atomic mass is 16.4. The molecule has 0 aliphatic carbocycles. The normalized spacial score (nSPS) is 18.0. The maximum atomic E-state index is 13.0. The Morgan fingerprint density at radius 2 is 1.83 bits per heavy atom. The Balaban J connectivity index is 2.00. The van der Waals surface area contributed by atoms with E-state index in [-0.39, 0.29) is 18.2 Å². The number of carbonyl (C=O) groups is 3. The van der Waals surface area contributed by atoms with Crippen molar-refractivity contribution in [3.05, 3.63) is 48.0 Å². The molecule has 1 aliphatic rings. The summed E-state index contributed by atoms with van der Waals surface area (Å²) in [6.45, 7) is 0.716. The number of carboxylic acid groups (broad SMARTS) is 1. The van der Waals surface area contributed by atoms with Crippen LogP contribution < -0.4 is 0 Å². The van der Waals surface area contributed by atoms with E-state index in [0.717, 1.165) is 10.8 Å². The lowest BCUT2D eigenvalue weighted by atomic mass is 10.0. The van der Waals surface area contributed by atoms with Gasteiger partial charge in [-0.05, 0) is 16.8 Å². The summed E-state index contributed by atoms with van der Waals surface area (Å²) < 4.78 is 0. The molecule has 1 saturated heterocycles. The molecule has 0 radical (unpaired) electrons. The predicted molar refractivity (Wildman–Crippen MR) is 88.7 cm³/mol. The number of likely N-dealkylation sites (N-methyl/N-ethyl adjacent to an activating group) is 1. The minimum Gasteiger partial charge on any atom is -0.481 e. The molecule has 0 spiro atoms. The number of hydrogen-bond acceptors (Lipinski definition) is 3. The van der Waals surface area contributed by atoms with Crippen LogP contribution in [-0.4, -0.2) is 58.9 Å². The number of hydrogen-bond donors (Lipinski definition) is 1. The summed E-state index contributed by atoms with van der Waals surface area (Å²) in [4.78, 5) is 39.3. The predicted octanol–water partition coefficient (Wildman–Crippen LogP) is 1.60. The number of benzene rings is 2. The van der Waals surface area contributed by atoms with Crippen molar-refractivity contribution in [1.29, 1.82) is 0 Å². The minimum absolute atomic E-state index is 0.306. The first-order valence-electron chi connectivity index (χ1n) is 7.74. The average molecular weight is 326 g/mol. The number of amides is 2. The number of nitrogens with zero attached hydrogens (tertiary/aromatic N) is 2. The van der Waals surface area contributed by atoms with Crippen molar-refractivity contribution < 1.29 is 19.5 Å². The van der Waals surface area contributed by atoms with Crippen LogP contribution >= 0.6 is 0 Å². The van der Waals surface area contributed by atoms with Gasteiger partial charge in [-0.3, -0.25) is 14.4 Å². The van der Waals surface area contributed by atoms with Gasteiger partial charge in [-0.1, -0.05) is 36.4 Å². The summed E-state index contributed by atoms with van der Waals surface area (Å²) in [6, 6.07) is 12.0. The Hall–Kier alpha value is -2.89. The van der Waals surface area contributed by atoms with Crippen molar-refractivity contribution in [2.24, 2.45) is 0 Å². The maximum Gasteiger partial charge on any atom is 0.305 e. The van der Waals surface area contributed by atoms with E-state index in [9.17, 15) is 14.4 Å². The van der Waals surface area contributed by atoms with Gasteiger partial charge in [0.25, 0.3) is 5.91 Å². The molecule has 3 rings (SSSR count). The standard InChI is InChI=1S/C18H18N2O4/c1-19-9-10-20(15(18(19)24)11-16(21)22)17(23)14-8-4-6-12-5-2-3-7-13(12)14/h2-8,15H,9-11H2,1H3,(H,21,22). The molecule has 6 heteroatoms. The molecular weight excluding hydrogens is 308 g/mol. The van der Waals surface area contributed by atoms with Crippen LogP contribution in [0.2, 0.25) is 0 Å². The fourth-order valence-corrected chi connectivity index (χ4v) is 3.08. The summed E-state index contributed by atoms with van der Waals surface area (Å²) in [5.41, 5.74) is 0.487. The van der Waals surface area contributed by atoms with E-state index in [0.29, 0.717) is 18.7 Å². The number of aliphatic carboxylic acids is 1. The van der Waals surface area contributed by atoms with E-state index in [1.807, 2.05) is 30.3 Å². The molecule has 1 atom stereocenters. The Morgan fingerprint density at radius 3 is 2.58 bits per heavy atom. The largest absolute Gasteiger partial charge is 0.481 e. The molecule has 1 heterocycles. The van der Waals surface area contributed by atoms with Gasteiger partial charge in [0.2, 0.25) is 5.91 Å². The smallest absolute Gasteiger partial charge is 0.305 e. The zero-order valence-electron chi connectivity index (χ0n) is 13.3.